The van der Waals surface area contributed by atoms with Gasteiger partial charge in [-0.25, -0.2) is 0 Å². The van der Waals surface area contributed by atoms with Gasteiger partial charge in [0.1, 0.15) is 5.75 Å². The standard InChI is InChI=1S/C12H15F3N2O3/c1-2-19-11(18)5-9(16)10-4-3-8(6-17-10)20-7-12(13,14)15/h3-4,6,9H,2,5,7,16H2,1H3/t9-/m1/s1. The van der Waals surface area contributed by atoms with Crippen molar-refractivity contribution in [2.24, 2.45) is 5.73 Å². The van der Waals surface area contributed by atoms with Crippen LogP contribution < -0.4 is 10.5 Å². The molecule has 0 unspecified atom stereocenters. The molecular weight excluding hydrogens is 277 g/mol. The van der Waals surface area contributed by atoms with Crippen LogP contribution in [-0.4, -0.2) is 30.3 Å². The molecule has 1 aromatic rings. The predicted octanol–water partition coefficient (Wildman–Crippen LogP) is 1.98. The molecule has 2 N–H and O–H groups in total. The zero-order valence-electron chi connectivity index (χ0n) is 10.8. The van der Waals surface area contributed by atoms with E-state index in [0.29, 0.717) is 5.69 Å². The number of carbonyl (C=O) groups excluding carboxylic acids is 1. The summed E-state index contributed by atoms with van der Waals surface area (Å²) in [5.74, 6) is -0.478. The molecule has 0 amide bonds. The molecule has 0 radical (unpaired) electrons. The molecule has 1 aromatic heterocycles. The van der Waals surface area contributed by atoms with Crippen LogP contribution in [0.15, 0.2) is 18.3 Å². The van der Waals surface area contributed by atoms with Crippen LogP contribution in [0.2, 0.25) is 0 Å². The molecule has 112 valence electrons. The largest absolute Gasteiger partial charge is 0.483 e. The number of nitrogens with zero attached hydrogens (tertiary/aromatic N) is 1. The molecular formula is C12H15F3N2O3. The topological polar surface area (TPSA) is 74.4 Å². The molecule has 0 aliphatic rings. The Balaban J connectivity index is 2.55. The maximum atomic E-state index is 11.9. The lowest BCUT2D eigenvalue weighted by Gasteiger charge is -2.12. The fourth-order valence-electron chi connectivity index (χ4n) is 1.37. The Morgan fingerprint density at radius 2 is 2.15 bits per heavy atom. The summed E-state index contributed by atoms with van der Waals surface area (Å²) in [5, 5.41) is 0. The summed E-state index contributed by atoms with van der Waals surface area (Å²) in [4.78, 5) is 15.1. The molecule has 0 aliphatic carbocycles. The van der Waals surface area contributed by atoms with Crippen LogP contribution in [0.1, 0.15) is 25.1 Å². The molecule has 0 spiro atoms. The Labute approximate surface area is 113 Å². The number of ether oxygens (including phenoxy) is 2. The number of alkyl halides is 3. The third-order valence-corrected chi connectivity index (χ3v) is 2.23. The van der Waals surface area contributed by atoms with Crippen molar-refractivity contribution < 1.29 is 27.4 Å². The number of hydrogen-bond donors (Lipinski definition) is 1. The third-order valence-electron chi connectivity index (χ3n) is 2.23. The summed E-state index contributed by atoms with van der Waals surface area (Å²) in [7, 11) is 0. The van der Waals surface area contributed by atoms with Crippen LogP contribution in [-0.2, 0) is 9.53 Å². The Hall–Kier alpha value is -1.83. The van der Waals surface area contributed by atoms with Crippen molar-refractivity contribution in [2.45, 2.75) is 25.6 Å². The highest BCUT2D eigenvalue weighted by Gasteiger charge is 2.28. The normalized spacial score (nSPS) is 12.8. The quantitative estimate of drug-likeness (QED) is 0.811. The first-order chi connectivity index (χ1) is 9.31. The summed E-state index contributed by atoms with van der Waals surface area (Å²) < 4.78 is 45.1. The SMILES string of the molecule is CCOC(=O)C[C@@H](N)c1ccc(OCC(F)(F)F)cn1. The van der Waals surface area contributed by atoms with Gasteiger partial charge in [-0.1, -0.05) is 0 Å². The molecule has 1 atom stereocenters. The number of carbonyl (C=O) groups is 1. The first-order valence-electron chi connectivity index (χ1n) is 5.88. The number of halogens is 3. The van der Waals surface area contributed by atoms with E-state index in [1.54, 1.807) is 6.92 Å². The molecule has 0 fully saturated rings. The Bertz CT molecular complexity index is 435. The number of esters is 1. The van der Waals surface area contributed by atoms with Gasteiger partial charge in [0, 0.05) is 0 Å². The first kappa shape index (κ1) is 16.2. The molecule has 0 saturated heterocycles. The molecule has 0 aliphatic heterocycles. The van der Waals surface area contributed by atoms with Gasteiger partial charge in [-0.2, -0.15) is 13.2 Å². The van der Waals surface area contributed by atoms with Gasteiger partial charge >= 0.3 is 12.1 Å². The highest BCUT2D eigenvalue weighted by molar-refractivity contribution is 5.70. The molecule has 1 rings (SSSR count). The second-order valence-corrected chi connectivity index (χ2v) is 3.94. The lowest BCUT2D eigenvalue weighted by molar-refractivity contribution is -0.153. The molecule has 20 heavy (non-hydrogen) atoms. The minimum absolute atomic E-state index is 0.0191. The highest BCUT2D eigenvalue weighted by Crippen LogP contribution is 2.19. The van der Waals surface area contributed by atoms with E-state index < -0.39 is 24.8 Å². The van der Waals surface area contributed by atoms with Crippen LogP contribution in [0.4, 0.5) is 13.2 Å². The maximum absolute atomic E-state index is 11.9. The fourth-order valence-corrected chi connectivity index (χ4v) is 1.37. The number of nitrogens with two attached hydrogens (primary N) is 1. The molecule has 5 nitrogen and oxygen atoms in total. The minimum atomic E-state index is -4.40. The van der Waals surface area contributed by atoms with Gasteiger partial charge in [0.2, 0.25) is 0 Å². The monoisotopic (exact) mass is 292 g/mol. The number of hydrogen-bond acceptors (Lipinski definition) is 5. The lowest BCUT2D eigenvalue weighted by atomic mass is 10.1. The van der Waals surface area contributed by atoms with Crippen molar-refractivity contribution in [3.05, 3.63) is 24.0 Å². The van der Waals surface area contributed by atoms with Crippen molar-refractivity contribution in [2.75, 3.05) is 13.2 Å². The van der Waals surface area contributed by atoms with Gasteiger partial charge in [-0.3, -0.25) is 9.78 Å². The summed E-state index contributed by atoms with van der Waals surface area (Å²) in [6.07, 6.45) is -3.32. The smallest absolute Gasteiger partial charge is 0.422 e. The zero-order chi connectivity index (χ0) is 15.2. The second kappa shape index (κ2) is 7.09. The van der Waals surface area contributed by atoms with Crippen LogP contribution in [0.5, 0.6) is 5.75 Å². The Morgan fingerprint density at radius 3 is 2.65 bits per heavy atom. The number of aromatic nitrogens is 1. The maximum Gasteiger partial charge on any atom is 0.422 e. The van der Waals surface area contributed by atoms with Gasteiger partial charge in [0.25, 0.3) is 0 Å². The first-order valence-corrected chi connectivity index (χ1v) is 5.88. The number of rotatable bonds is 6. The van der Waals surface area contributed by atoms with Crippen molar-refractivity contribution in [3.8, 4) is 5.75 Å². The van der Waals surface area contributed by atoms with Crippen molar-refractivity contribution in [1.29, 1.82) is 0 Å². The van der Waals surface area contributed by atoms with E-state index in [-0.39, 0.29) is 18.8 Å². The predicted molar refractivity (Wildman–Crippen MR) is 64.0 cm³/mol. The van der Waals surface area contributed by atoms with E-state index >= 15 is 0 Å². The Kier molecular flexibility index (Phi) is 5.75. The molecule has 0 saturated carbocycles. The van der Waals surface area contributed by atoms with E-state index in [4.69, 9.17) is 10.5 Å². The molecule has 0 bridgehead atoms. The van der Waals surface area contributed by atoms with Crippen molar-refractivity contribution in [3.63, 3.8) is 0 Å². The van der Waals surface area contributed by atoms with Gasteiger partial charge in [-0.05, 0) is 19.1 Å². The van der Waals surface area contributed by atoms with Gasteiger partial charge in [-0.15, -0.1) is 0 Å². The number of pyridine rings is 1. The third kappa shape index (κ3) is 5.87. The van der Waals surface area contributed by atoms with E-state index in [2.05, 4.69) is 9.72 Å². The average Bonchev–Trinajstić information content (AvgIpc) is 2.36. The lowest BCUT2D eigenvalue weighted by Crippen LogP contribution is -2.20. The molecule has 8 heteroatoms. The summed E-state index contributed by atoms with van der Waals surface area (Å²) >= 11 is 0. The summed E-state index contributed by atoms with van der Waals surface area (Å²) in [6, 6.07) is 2.06. The summed E-state index contributed by atoms with van der Waals surface area (Å²) in [6.45, 7) is 0.542. The Morgan fingerprint density at radius 1 is 1.45 bits per heavy atom. The fraction of sp³-hybridized carbons (Fsp3) is 0.500. The van der Waals surface area contributed by atoms with Gasteiger partial charge in [0.15, 0.2) is 6.61 Å². The van der Waals surface area contributed by atoms with E-state index in [9.17, 15) is 18.0 Å². The van der Waals surface area contributed by atoms with Crippen LogP contribution in [0, 0.1) is 0 Å². The molecule has 0 aromatic carbocycles. The van der Waals surface area contributed by atoms with Crippen molar-refractivity contribution >= 4 is 5.97 Å². The highest BCUT2D eigenvalue weighted by atomic mass is 19.4. The minimum Gasteiger partial charge on any atom is -0.483 e. The van der Waals surface area contributed by atoms with Crippen LogP contribution >= 0.6 is 0 Å². The van der Waals surface area contributed by atoms with Gasteiger partial charge < -0.3 is 15.2 Å². The average molecular weight is 292 g/mol. The van der Waals surface area contributed by atoms with Gasteiger partial charge in [0.05, 0.1) is 31.0 Å². The van der Waals surface area contributed by atoms with Crippen LogP contribution in [0.25, 0.3) is 0 Å². The van der Waals surface area contributed by atoms with E-state index in [1.807, 2.05) is 0 Å². The van der Waals surface area contributed by atoms with Crippen molar-refractivity contribution in [1.82, 2.24) is 4.98 Å². The second-order valence-electron chi connectivity index (χ2n) is 3.94. The van der Waals surface area contributed by atoms with Crippen LogP contribution in [0.3, 0.4) is 0 Å². The van der Waals surface area contributed by atoms with E-state index in [0.717, 1.165) is 6.20 Å². The summed E-state index contributed by atoms with van der Waals surface area (Å²) in [5.41, 5.74) is 6.11. The zero-order valence-corrected chi connectivity index (χ0v) is 10.8. The van der Waals surface area contributed by atoms with E-state index in [1.165, 1.54) is 12.1 Å². The molecule has 1 heterocycles.